The Kier molecular flexibility index (Phi) is 4.00. The summed E-state index contributed by atoms with van der Waals surface area (Å²) in [6, 6.07) is 4.08. The van der Waals surface area contributed by atoms with Gasteiger partial charge >= 0.3 is 7.12 Å². The molecule has 104 valence electrons. The second-order valence-electron chi connectivity index (χ2n) is 5.88. The Labute approximate surface area is 125 Å². The van der Waals surface area contributed by atoms with Gasteiger partial charge in [-0.1, -0.05) is 17.7 Å². The lowest BCUT2D eigenvalue weighted by Crippen LogP contribution is -2.41. The van der Waals surface area contributed by atoms with Crippen LogP contribution in [0.2, 0.25) is 5.02 Å². The maximum atomic E-state index is 6.47. The molecule has 2 nitrogen and oxygen atoms in total. The van der Waals surface area contributed by atoms with Crippen molar-refractivity contribution in [2.24, 2.45) is 0 Å². The van der Waals surface area contributed by atoms with Crippen LogP contribution in [-0.4, -0.2) is 24.6 Å². The highest BCUT2D eigenvalue weighted by Crippen LogP contribution is 2.37. The van der Waals surface area contributed by atoms with Crippen LogP contribution in [0.3, 0.4) is 0 Å². The molecule has 0 bridgehead atoms. The fraction of sp³-hybridized carbons (Fsp3) is 0.571. The predicted octanol–water partition coefficient (Wildman–Crippen LogP) is 3.67. The van der Waals surface area contributed by atoms with Crippen LogP contribution in [0.1, 0.15) is 33.3 Å². The van der Waals surface area contributed by atoms with Crippen LogP contribution >= 0.6 is 23.4 Å². The first-order valence-corrected chi connectivity index (χ1v) is 7.98. The summed E-state index contributed by atoms with van der Waals surface area (Å²) in [4.78, 5) is 1.19. The smallest absolute Gasteiger partial charge is 0.399 e. The SMILES string of the molecule is CSc1ccc(B2OC(C)(C)C(C)(C)O2)c(Cl)c1C. The molecule has 1 aliphatic rings. The van der Waals surface area contributed by atoms with Gasteiger partial charge in [0.2, 0.25) is 0 Å². The van der Waals surface area contributed by atoms with Crippen LogP contribution in [-0.2, 0) is 9.31 Å². The zero-order valence-electron chi connectivity index (χ0n) is 12.3. The van der Waals surface area contributed by atoms with Crippen molar-refractivity contribution in [3.63, 3.8) is 0 Å². The Morgan fingerprint density at radius 3 is 2.11 bits per heavy atom. The molecule has 0 aliphatic carbocycles. The number of thioether (sulfide) groups is 1. The Morgan fingerprint density at radius 1 is 1.11 bits per heavy atom. The molecule has 0 amide bonds. The van der Waals surface area contributed by atoms with E-state index in [1.807, 2.05) is 46.9 Å². The summed E-state index contributed by atoms with van der Waals surface area (Å²) < 4.78 is 12.1. The van der Waals surface area contributed by atoms with Crippen molar-refractivity contribution in [1.82, 2.24) is 0 Å². The highest BCUT2D eigenvalue weighted by Gasteiger charge is 2.52. The Hall–Kier alpha value is -0.155. The maximum Gasteiger partial charge on any atom is 0.496 e. The van der Waals surface area contributed by atoms with Gasteiger partial charge in [0, 0.05) is 15.4 Å². The number of hydrogen-bond acceptors (Lipinski definition) is 3. The highest BCUT2D eigenvalue weighted by atomic mass is 35.5. The summed E-state index contributed by atoms with van der Waals surface area (Å²) in [5.41, 5.74) is 1.32. The molecular formula is C14H20BClO2S. The van der Waals surface area contributed by atoms with E-state index >= 15 is 0 Å². The van der Waals surface area contributed by atoms with Gasteiger partial charge in [0.15, 0.2) is 0 Å². The van der Waals surface area contributed by atoms with Crippen molar-refractivity contribution in [3.05, 3.63) is 22.7 Å². The van der Waals surface area contributed by atoms with Crippen molar-refractivity contribution >= 4 is 35.9 Å². The highest BCUT2D eigenvalue weighted by molar-refractivity contribution is 7.98. The Morgan fingerprint density at radius 2 is 1.63 bits per heavy atom. The van der Waals surface area contributed by atoms with Crippen molar-refractivity contribution < 1.29 is 9.31 Å². The van der Waals surface area contributed by atoms with Crippen LogP contribution in [0.25, 0.3) is 0 Å². The van der Waals surface area contributed by atoms with Crippen molar-refractivity contribution in [1.29, 1.82) is 0 Å². The van der Waals surface area contributed by atoms with Gasteiger partial charge in [0.05, 0.1) is 11.2 Å². The molecule has 1 aliphatic heterocycles. The number of hydrogen-bond donors (Lipinski definition) is 0. The first-order valence-electron chi connectivity index (χ1n) is 6.38. The quantitative estimate of drug-likeness (QED) is 0.613. The van der Waals surface area contributed by atoms with Gasteiger partial charge in [-0.3, -0.25) is 0 Å². The molecule has 5 heteroatoms. The zero-order valence-corrected chi connectivity index (χ0v) is 13.9. The number of rotatable bonds is 2. The first kappa shape index (κ1) is 15.2. The third-order valence-corrected chi connectivity index (χ3v) is 5.48. The number of benzene rings is 1. The van der Waals surface area contributed by atoms with E-state index < -0.39 is 7.12 Å². The Bertz CT molecular complexity index is 486. The molecule has 0 aromatic heterocycles. The fourth-order valence-electron chi connectivity index (χ4n) is 2.06. The zero-order chi connectivity index (χ0) is 14.4. The van der Waals surface area contributed by atoms with Crippen LogP contribution in [0.15, 0.2) is 17.0 Å². The molecule has 0 unspecified atom stereocenters. The van der Waals surface area contributed by atoms with Gasteiger partial charge in [0.25, 0.3) is 0 Å². The van der Waals surface area contributed by atoms with E-state index in [9.17, 15) is 0 Å². The Balaban J connectivity index is 2.38. The molecule has 1 saturated heterocycles. The molecule has 1 aromatic rings. The standard InChI is InChI=1S/C14H20BClO2S/c1-9-11(19-6)8-7-10(12(9)16)15-17-13(2,3)14(4,5)18-15/h7-8H,1-6H3. The lowest BCUT2D eigenvalue weighted by Gasteiger charge is -2.32. The van der Waals surface area contributed by atoms with Gasteiger partial charge in [-0.2, -0.15) is 0 Å². The topological polar surface area (TPSA) is 18.5 Å². The third-order valence-electron chi connectivity index (χ3n) is 4.09. The van der Waals surface area contributed by atoms with E-state index in [-0.39, 0.29) is 11.2 Å². The van der Waals surface area contributed by atoms with Crippen molar-refractivity contribution in [2.75, 3.05) is 6.26 Å². The van der Waals surface area contributed by atoms with Gasteiger partial charge in [-0.05, 0) is 52.5 Å². The summed E-state index contributed by atoms with van der Waals surface area (Å²) in [7, 11) is -0.396. The van der Waals surface area contributed by atoms with E-state index in [2.05, 4.69) is 6.07 Å². The largest absolute Gasteiger partial charge is 0.496 e. The molecular weight excluding hydrogens is 278 g/mol. The fourth-order valence-corrected chi connectivity index (χ4v) is 2.98. The summed E-state index contributed by atoms with van der Waals surface area (Å²) in [6.07, 6.45) is 2.05. The number of halogens is 1. The van der Waals surface area contributed by atoms with Gasteiger partial charge in [-0.25, -0.2) is 0 Å². The molecule has 0 spiro atoms. The normalized spacial score (nSPS) is 20.9. The molecule has 0 N–H and O–H groups in total. The minimum Gasteiger partial charge on any atom is -0.399 e. The summed E-state index contributed by atoms with van der Waals surface area (Å²) >= 11 is 8.16. The van der Waals surface area contributed by atoms with Crippen LogP contribution in [0, 0.1) is 6.92 Å². The summed E-state index contributed by atoms with van der Waals surface area (Å²) in [6.45, 7) is 10.2. The van der Waals surface area contributed by atoms with Crippen LogP contribution in [0.4, 0.5) is 0 Å². The molecule has 1 fully saturated rings. The summed E-state index contributed by atoms with van der Waals surface area (Å²) in [5, 5.41) is 0.741. The lowest BCUT2D eigenvalue weighted by atomic mass is 9.78. The average molecular weight is 299 g/mol. The van der Waals surface area contributed by atoms with Gasteiger partial charge in [-0.15, -0.1) is 11.8 Å². The van der Waals surface area contributed by atoms with E-state index in [1.165, 1.54) is 4.90 Å². The minimum atomic E-state index is -0.396. The first-order chi connectivity index (χ1) is 8.69. The minimum absolute atomic E-state index is 0.340. The molecule has 0 radical (unpaired) electrons. The predicted molar refractivity (Wildman–Crippen MR) is 83.7 cm³/mol. The third kappa shape index (κ3) is 2.56. The van der Waals surface area contributed by atoms with Gasteiger partial charge in [0.1, 0.15) is 0 Å². The van der Waals surface area contributed by atoms with E-state index in [4.69, 9.17) is 20.9 Å². The second-order valence-corrected chi connectivity index (χ2v) is 7.11. The van der Waals surface area contributed by atoms with Crippen LogP contribution in [0.5, 0.6) is 0 Å². The van der Waals surface area contributed by atoms with E-state index in [0.29, 0.717) is 0 Å². The van der Waals surface area contributed by atoms with E-state index in [0.717, 1.165) is 16.0 Å². The molecule has 2 rings (SSSR count). The second kappa shape index (κ2) is 4.99. The lowest BCUT2D eigenvalue weighted by molar-refractivity contribution is 0.00578. The maximum absolute atomic E-state index is 6.47. The van der Waals surface area contributed by atoms with Crippen LogP contribution < -0.4 is 5.46 Å². The van der Waals surface area contributed by atoms with Crippen molar-refractivity contribution in [2.45, 2.75) is 50.7 Å². The average Bonchev–Trinajstić information content (AvgIpc) is 2.51. The molecule has 19 heavy (non-hydrogen) atoms. The van der Waals surface area contributed by atoms with Crippen molar-refractivity contribution in [3.8, 4) is 0 Å². The molecule has 0 saturated carbocycles. The molecule has 1 aromatic carbocycles. The summed E-state index contributed by atoms with van der Waals surface area (Å²) in [5.74, 6) is 0. The molecule has 1 heterocycles. The van der Waals surface area contributed by atoms with E-state index in [1.54, 1.807) is 11.8 Å². The molecule has 0 atom stereocenters. The van der Waals surface area contributed by atoms with Gasteiger partial charge < -0.3 is 9.31 Å². The monoisotopic (exact) mass is 298 g/mol.